The molecule has 0 saturated heterocycles. The fraction of sp³-hybridized carbons (Fsp3) is 0. The Kier molecular flexibility index (Phi) is 3.65. The first-order valence-electron chi connectivity index (χ1n) is 7.32. The summed E-state index contributed by atoms with van der Waals surface area (Å²) >= 11 is 0. The van der Waals surface area contributed by atoms with Crippen molar-refractivity contribution >= 4 is 12.2 Å². The molecule has 0 radical (unpaired) electrons. The van der Waals surface area contributed by atoms with Crippen LogP contribution in [0.3, 0.4) is 0 Å². The minimum absolute atomic E-state index is 0.898. The van der Waals surface area contributed by atoms with Crippen molar-refractivity contribution in [2.24, 2.45) is 0 Å². The number of benzene rings is 1. The number of rotatable bonds is 4. The Morgan fingerprint density at radius 1 is 0.667 bits per heavy atom. The summed E-state index contributed by atoms with van der Waals surface area (Å²) in [6.07, 6.45) is 14.0. The van der Waals surface area contributed by atoms with E-state index in [2.05, 4.69) is 25.1 Å². The molecule has 3 aromatic heterocycles. The number of hydrogen-bond donors (Lipinski definition) is 0. The average Bonchev–Trinajstić information content (AvgIpc) is 3.34. The molecule has 24 heavy (non-hydrogen) atoms. The van der Waals surface area contributed by atoms with Crippen molar-refractivity contribution in [3.63, 3.8) is 0 Å². The summed E-state index contributed by atoms with van der Waals surface area (Å²) in [5, 5.41) is 8.39. The van der Waals surface area contributed by atoms with Crippen LogP contribution in [0.25, 0.3) is 23.5 Å². The third kappa shape index (κ3) is 2.95. The molecule has 0 fully saturated rings. The highest BCUT2D eigenvalue weighted by atomic mass is 15.3. The minimum Gasteiger partial charge on any atom is -0.265 e. The van der Waals surface area contributed by atoms with Gasteiger partial charge in [0.15, 0.2) is 0 Å². The van der Waals surface area contributed by atoms with Crippen LogP contribution >= 0.6 is 0 Å². The van der Waals surface area contributed by atoms with E-state index in [1.165, 1.54) is 12.7 Å². The summed E-state index contributed by atoms with van der Waals surface area (Å²) in [4.78, 5) is 12.0. The molecule has 0 unspecified atom stereocenters. The molecule has 0 aliphatic carbocycles. The summed E-state index contributed by atoms with van der Waals surface area (Å²) in [6.45, 7) is 0. The molecule has 0 aliphatic rings. The first-order chi connectivity index (χ1) is 11.9. The molecule has 0 spiro atoms. The highest BCUT2D eigenvalue weighted by molar-refractivity contribution is 5.71. The fourth-order valence-electron chi connectivity index (χ4n) is 2.33. The molecule has 7 heteroatoms. The smallest absolute Gasteiger partial charge is 0.138 e. The second kappa shape index (κ2) is 6.25. The fourth-order valence-corrected chi connectivity index (χ4v) is 2.33. The second-order valence-corrected chi connectivity index (χ2v) is 5.08. The summed E-state index contributed by atoms with van der Waals surface area (Å²) in [5.74, 6) is 0. The van der Waals surface area contributed by atoms with E-state index in [0.717, 1.165) is 22.5 Å². The molecule has 0 bridgehead atoms. The van der Waals surface area contributed by atoms with Gasteiger partial charge >= 0.3 is 0 Å². The zero-order valence-electron chi connectivity index (χ0n) is 12.6. The average molecular weight is 315 g/mol. The van der Waals surface area contributed by atoms with E-state index in [0.29, 0.717) is 0 Å². The standard InChI is InChI=1S/C17H13N7/c1(14-3-5-18-6-4-14)2-15-7-16(23-12-19-10-21-23)9-17(8-15)24-13-20-11-22-24/h1-13H/b2-1+. The largest absolute Gasteiger partial charge is 0.265 e. The van der Waals surface area contributed by atoms with Crippen molar-refractivity contribution in [3.8, 4) is 11.4 Å². The Balaban J connectivity index is 1.77. The lowest BCUT2D eigenvalue weighted by Gasteiger charge is -2.07. The van der Waals surface area contributed by atoms with Crippen LogP contribution in [0.1, 0.15) is 11.1 Å². The van der Waals surface area contributed by atoms with Gasteiger partial charge in [-0.15, -0.1) is 0 Å². The lowest BCUT2D eigenvalue weighted by Crippen LogP contribution is -2.00. The molecular weight excluding hydrogens is 302 g/mol. The highest BCUT2D eigenvalue weighted by Crippen LogP contribution is 2.18. The summed E-state index contributed by atoms with van der Waals surface area (Å²) in [6, 6.07) is 9.96. The van der Waals surface area contributed by atoms with Gasteiger partial charge in [0, 0.05) is 12.4 Å². The third-order valence-corrected chi connectivity index (χ3v) is 3.47. The van der Waals surface area contributed by atoms with Gasteiger partial charge in [0.2, 0.25) is 0 Å². The van der Waals surface area contributed by atoms with Gasteiger partial charge < -0.3 is 0 Å². The van der Waals surface area contributed by atoms with E-state index >= 15 is 0 Å². The van der Waals surface area contributed by atoms with Gasteiger partial charge in [-0.05, 0) is 41.5 Å². The van der Waals surface area contributed by atoms with E-state index in [1.807, 2.05) is 42.5 Å². The molecule has 0 N–H and O–H groups in total. The Bertz CT molecular complexity index is 890. The van der Waals surface area contributed by atoms with E-state index in [-0.39, 0.29) is 0 Å². The number of hydrogen-bond acceptors (Lipinski definition) is 5. The van der Waals surface area contributed by atoms with Gasteiger partial charge in [-0.3, -0.25) is 4.98 Å². The maximum atomic E-state index is 4.20. The number of pyridine rings is 1. The Morgan fingerprint density at radius 3 is 1.79 bits per heavy atom. The number of nitrogens with zero attached hydrogens (tertiary/aromatic N) is 7. The molecule has 4 aromatic rings. The van der Waals surface area contributed by atoms with E-state index < -0.39 is 0 Å². The van der Waals surface area contributed by atoms with E-state index in [1.54, 1.807) is 34.4 Å². The van der Waals surface area contributed by atoms with E-state index in [9.17, 15) is 0 Å². The monoisotopic (exact) mass is 315 g/mol. The maximum absolute atomic E-state index is 4.20. The van der Waals surface area contributed by atoms with Gasteiger partial charge in [-0.2, -0.15) is 10.2 Å². The predicted molar refractivity (Wildman–Crippen MR) is 89.4 cm³/mol. The molecule has 7 nitrogen and oxygen atoms in total. The van der Waals surface area contributed by atoms with Gasteiger partial charge in [0.25, 0.3) is 0 Å². The van der Waals surface area contributed by atoms with Crippen LogP contribution in [0.5, 0.6) is 0 Å². The van der Waals surface area contributed by atoms with Gasteiger partial charge in [0.05, 0.1) is 11.4 Å². The normalized spacial score (nSPS) is 11.2. The predicted octanol–water partition coefficient (Wildman–Crippen LogP) is 2.41. The maximum Gasteiger partial charge on any atom is 0.138 e. The molecule has 4 rings (SSSR count). The summed E-state index contributed by atoms with van der Waals surface area (Å²) < 4.78 is 3.43. The molecule has 0 aliphatic heterocycles. The summed E-state index contributed by atoms with van der Waals surface area (Å²) in [5.41, 5.74) is 3.90. The molecule has 116 valence electrons. The van der Waals surface area contributed by atoms with Gasteiger partial charge in [0.1, 0.15) is 25.3 Å². The van der Waals surface area contributed by atoms with Crippen molar-refractivity contribution < 1.29 is 0 Å². The zero-order chi connectivity index (χ0) is 16.2. The van der Waals surface area contributed by atoms with Crippen LogP contribution in [0, 0.1) is 0 Å². The van der Waals surface area contributed by atoms with Crippen LogP contribution in [0.4, 0.5) is 0 Å². The molecule has 0 saturated carbocycles. The third-order valence-electron chi connectivity index (χ3n) is 3.47. The van der Waals surface area contributed by atoms with Crippen LogP contribution in [0.15, 0.2) is 68.0 Å². The van der Waals surface area contributed by atoms with Crippen LogP contribution in [-0.4, -0.2) is 34.5 Å². The highest BCUT2D eigenvalue weighted by Gasteiger charge is 2.05. The summed E-state index contributed by atoms with van der Waals surface area (Å²) in [7, 11) is 0. The minimum atomic E-state index is 0.898. The second-order valence-electron chi connectivity index (χ2n) is 5.08. The SMILES string of the molecule is C(=C\c1cc(-n2cncn2)cc(-n2cncn2)c1)/c1ccncc1. The quantitative estimate of drug-likeness (QED) is 0.578. The van der Waals surface area contributed by atoms with Gasteiger partial charge in [-0.1, -0.05) is 12.2 Å². The van der Waals surface area contributed by atoms with E-state index in [4.69, 9.17) is 0 Å². The zero-order valence-corrected chi connectivity index (χ0v) is 12.6. The molecular formula is C17H13N7. The Morgan fingerprint density at radius 2 is 1.25 bits per heavy atom. The Hall–Kier alpha value is -3.61. The Labute approximate surface area is 138 Å². The topological polar surface area (TPSA) is 74.3 Å². The van der Waals surface area contributed by atoms with Crippen molar-refractivity contribution in [3.05, 3.63) is 79.2 Å². The first-order valence-corrected chi connectivity index (χ1v) is 7.32. The van der Waals surface area contributed by atoms with Crippen molar-refractivity contribution in [2.75, 3.05) is 0 Å². The first kappa shape index (κ1) is 14.0. The molecule has 0 amide bonds. The molecule has 3 heterocycles. The van der Waals surface area contributed by atoms with Crippen molar-refractivity contribution in [1.29, 1.82) is 0 Å². The molecule has 1 aromatic carbocycles. The number of aromatic nitrogens is 7. The van der Waals surface area contributed by atoms with Crippen LogP contribution < -0.4 is 0 Å². The lowest BCUT2D eigenvalue weighted by molar-refractivity contribution is 0.854. The van der Waals surface area contributed by atoms with Crippen LogP contribution in [-0.2, 0) is 0 Å². The van der Waals surface area contributed by atoms with Crippen molar-refractivity contribution in [2.45, 2.75) is 0 Å². The molecule has 0 atom stereocenters. The van der Waals surface area contributed by atoms with Crippen LogP contribution in [0.2, 0.25) is 0 Å². The van der Waals surface area contributed by atoms with Crippen molar-refractivity contribution in [1.82, 2.24) is 34.5 Å². The lowest BCUT2D eigenvalue weighted by atomic mass is 10.1. The van der Waals surface area contributed by atoms with Gasteiger partial charge in [-0.25, -0.2) is 19.3 Å².